The number of methoxy groups -OCH3 is 4. The molecule has 0 amide bonds. The molecule has 29 heavy (non-hydrogen) atoms. The van der Waals surface area contributed by atoms with Gasteiger partial charge in [-0.2, -0.15) is 0 Å². The normalized spacial score (nSPS) is 11.7. The number of benzene rings is 2. The Morgan fingerprint density at radius 1 is 0.931 bits per heavy atom. The minimum absolute atomic E-state index is 0.457. The lowest BCUT2D eigenvalue weighted by atomic mass is 10.0. The Balaban J connectivity index is 1.86. The van der Waals surface area contributed by atoms with Crippen molar-refractivity contribution >= 4 is 12.2 Å². The molecule has 2 heterocycles. The number of nitrogens with zero attached hydrogens (tertiary/aromatic N) is 1. The first kappa shape index (κ1) is 19.1. The van der Waals surface area contributed by atoms with Gasteiger partial charge in [0, 0.05) is 12.0 Å². The average molecular weight is 412 g/mol. The average Bonchev–Trinajstić information content (AvgIpc) is 2.76. The molecule has 1 aromatic heterocycles. The van der Waals surface area contributed by atoms with E-state index in [1.54, 1.807) is 34.5 Å². The molecule has 8 heteroatoms. The van der Waals surface area contributed by atoms with Crippen molar-refractivity contribution in [2.75, 3.05) is 28.4 Å². The number of ether oxygens (including phenoxy) is 5. The minimum Gasteiger partial charge on any atom is -0.493 e. The van der Waals surface area contributed by atoms with Crippen LogP contribution >= 0.6 is 12.2 Å². The summed E-state index contributed by atoms with van der Waals surface area (Å²) >= 11 is 5.57. The molecular formula is C21H20N2O5S. The summed E-state index contributed by atoms with van der Waals surface area (Å²) in [5.74, 6) is 3.88. The third-order valence-corrected chi connectivity index (χ3v) is 5.13. The molecule has 0 bridgehead atoms. The summed E-state index contributed by atoms with van der Waals surface area (Å²) in [6.45, 7) is 0. The Morgan fingerprint density at radius 3 is 2.38 bits per heavy atom. The molecule has 1 aliphatic heterocycles. The number of hydrogen-bond donors (Lipinski definition) is 1. The summed E-state index contributed by atoms with van der Waals surface area (Å²) in [6, 6.07) is 9.39. The number of H-pyrrole nitrogens is 1. The summed E-state index contributed by atoms with van der Waals surface area (Å²) in [6.07, 6.45) is 0.605. The van der Waals surface area contributed by atoms with Crippen LogP contribution < -0.4 is 23.7 Å². The van der Waals surface area contributed by atoms with E-state index >= 15 is 0 Å². The molecule has 4 rings (SSSR count). The molecule has 1 aliphatic rings. The first-order valence-electron chi connectivity index (χ1n) is 8.87. The molecule has 150 valence electrons. The van der Waals surface area contributed by atoms with E-state index in [1.807, 2.05) is 24.3 Å². The van der Waals surface area contributed by atoms with Crippen molar-refractivity contribution in [3.63, 3.8) is 0 Å². The van der Waals surface area contributed by atoms with E-state index in [1.165, 1.54) is 0 Å². The first-order valence-corrected chi connectivity index (χ1v) is 9.28. The van der Waals surface area contributed by atoms with Crippen LogP contribution in [0, 0.1) is 4.64 Å². The van der Waals surface area contributed by atoms with Crippen LogP contribution in [-0.4, -0.2) is 38.4 Å². The summed E-state index contributed by atoms with van der Waals surface area (Å²) in [7, 11) is 6.30. The number of hydrogen-bond acceptors (Lipinski definition) is 7. The molecule has 0 radical (unpaired) electrons. The van der Waals surface area contributed by atoms with Crippen molar-refractivity contribution in [2.45, 2.75) is 6.42 Å². The van der Waals surface area contributed by atoms with Gasteiger partial charge in [0.05, 0.1) is 39.6 Å². The number of fused-ring (bicyclic) bond motifs is 2. The van der Waals surface area contributed by atoms with E-state index < -0.39 is 0 Å². The fraction of sp³-hybridized carbons (Fsp3) is 0.238. The molecule has 0 aliphatic carbocycles. The molecule has 0 unspecified atom stereocenters. The lowest BCUT2D eigenvalue weighted by Crippen LogP contribution is -2.09. The maximum atomic E-state index is 6.13. The van der Waals surface area contributed by atoms with Crippen LogP contribution in [-0.2, 0) is 6.42 Å². The molecule has 0 spiro atoms. The summed E-state index contributed by atoms with van der Waals surface area (Å²) in [5, 5.41) is 0. The summed E-state index contributed by atoms with van der Waals surface area (Å²) < 4.78 is 28.4. The molecule has 0 fully saturated rings. The zero-order chi connectivity index (χ0) is 20.5. The zero-order valence-corrected chi connectivity index (χ0v) is 17.3. The molecule has 7 nitrogen and oxygen atoms in total. The minimum atomic E-state index is 0.457. The summed E-state index contributed by atoms with van der Waals surface area (Å²) in [5.41, 5.74) is 2.49. The second-order valence-electron chi connectivity index (χ2n) is 6.31. The van der Waals surface area contributed by atoms with Gasteiger partial charge in [0.2, 0.25) is 11.6 Å². The van der Waals surface area contributed by atoms with Gasteiger partial charge in [-0.3, -0.25) is 0 Å². The third kappa shape index (κ3) is 3.15. The fourth-order valence-corrected chi connectivity index (χ4v) is 3.66. The van der Waals surface area contributed by atoms with Crippen molar-refractivity contribution in [3.05, 3.63) is 46.1 Å². The van der Waals surface area contributed by atoms with E-state index in [0.717, 1.165) is 11.1 Å². The predicted octanol–water partition coefficient (Wildman–Crippen LogP) is 4.54. The number of aromatic amines is 1. The number of rotatable bonds is 5. The predicted molar refractivity (Wildman–Crippen MR) is 110 cm³/mol. The van der Waals surface area contributed by atoms with Crippen molar-refractivity contribution in [1.29, 1.82) is 0 Å². The standard InChI is InChI=1S/C21H20N2O5S/c1-24-14-7-5-6-11-10-13-20(28-16(11)14)22-19(23-21(13)29)12-8-9-15(25-2)18(27-4)17(12)26-3/h5-9H,10H2,1-4H3,(H,22,23,29). The van der Waals surface area contributed by atoms with Gasteiger partial charge in [0.25, 0.3) is 0 Å². The molecular weight excluding hydrogens is 392 g/mol. The van der Waals surface area contributed by atoms with Crippen molar-refractivity contribution in [2.24, 2.45) is 0 Å². The molecule has 2 aromatic carbocycles. The van der Waals surface area contributed by atoms with Crippen LogP contribution in [0.2, 0.25) is 0 Å². The lowest BCUT2D eigenvalue weighted by molar-refractivity contribution is 0.325. The highest BCUT2D eigenvalue weighted by molar-refractivity contribution is 7.71. The monoisotopic (exact) mass is 412 g/mol. The Bertz CT molecular complexity index is 1140. The topological polar surface area (TPSA) is 74.8 Å². The maximum absolute atomic E-state index is 6.13. The summed E-state index contributed by atoms with van der Waals surface area (Å²) in [4.78, 5) is 7.83. The fourth-order valence-electron chi connectivity index (χ4n) is 3.40. The van der Waals surface area contributed by atoms with Crippen LogP contribution in [0.1, 0.15) is 11.1 Å². The maximum Gasteiger partial charge on any atom is 0.205 e. The van der Waals surface area contributed by atoms with E-state index in [-0.39, 0.29) is 0 Å². The van der Waals surface area contributed by atoms with Crippen LogP contribution in [0.4, 0.5) is 0 Å². The Morgan fingerprint density at radius 2 is 1.69 bits per heavy atom. The molecule has 1 N–H and O–H groups in total. The van der Waals surface area contributed by atoms with E-state index in [9.17, 15) is 0 Å². The second kappa shape index (κ2) is 7.63. The Labute approximate surface area is 173 Å². The van der Waals surface area contributed by atoms with Crippen LogP contribution in [0.5, 0.6) is 34.6 Å². The van der Waals surface area contributed by atoms with Crippen molar-refractivity contribution < 1.29 is 23.7 Å². The lowest BCUT2D eigenvalue weighted by Gasteiger charge is -2.22. The molecule has 0 saturated heterocycles. The van der Waals surface area contributed by atoms with Gasteiger partial charge in [-0.05, 0) is 18.2 Å². The highest BCUT2D eigenvalue weighted by Gasteiger charge is 2.25. The van der Waals surface area contributed by atoms with Crippen molar-refractivity contribution in [1.82, 2.24) is 9.97 Å². The highest BCUT2D eigenvalue weighted by Crippen LogP contribution is 2.45. The van der Waals surface area contributed by atoms with Gasteiger partial charge in [-0.1, -0.05) is 24.4 Å². The largest absolute Gasteiger partial charge is 0.493 e. The van der Waals surface area contributed by atoms with Gasteiger partial charge < -0.3 is 28.7 Å². The van der Waals surface area contributed by atoms with Gasteiger partial charge in [-0.25, -0.2) is 4.98 Å². The van der Waals surface area contributed by atoms with Gasteiger partial charge in [0.1, 0.15) is 10.5 Å². The highest BCUT2D eigenvalue weighted by atomic mass is 32.1. The van der Waals surface area contributed by atoms with Crippen LogP contribution in [0.3, 0.4) is 0 Å². The molecule has 0 atom stereocenters. The number of para-hydroxylation sites is 1. The number of nitrogens with one attached hydrogen (secondary N) is 1. The van der Waals surface area contributed by atoms with Crippen LogP contribution in [0.15, 0.2) is 30.3 Å². The van der Waals surface area contributed by atoms with E-state index in [2.05, 4.69) is 9.97 Å². The SMILES string of the molecule is COc1cccc2c1Oc1[nH]c(-c3ccc(OC)c(OC)c3OC)nc(=S)c1C2. The zero-order valence-electron chi connectivity index (χ0n) is 16.5. The molecule has 0 saturated carbocycles. The van der Waals surface area contributed by atoms with Gasteiger partial charge in [0.15, 0.2) is 23.0 Å². The van der Waals surface area contributed by atoms with E-state index in [4.69, 9.17) is 35.9 Å². The quantitative estimate of drug-likeness (QED) is 0.483. The third-order valence-electron chi connectivity index (χ3n) is 4.79. The van der Waals surface area contributed by atoms with Crippen LogP contribution in [0.25, 0.3) is 11.4 Å². The second-order valence-corrected chi connectivity index (χ2v) is 6.69. The van der Waals surface area contributed by atoms with Gasteiger partial charge in [-0.15, -0.1) is 0 Å². The number of aromatic nitrogens is 2. The Hall–Kier alpha value is -3.26. The smallest absolute Gasteiger partial charge is 0.205 e. The Kier molecular flexibility index (Phi) is 5.02. The van der Waals surface area contributed by atoms with Crippen molar-refractivity contribution in [3.8, 4) is 46.0 Å². The van der Waals surface area contributed by atoms with E-state index in [0.29, 0.717) is 57.1 Å². The van der Waals surface area contributed by atoms with Gasteiger partial charge >= 0.3 is 0 Å². The molecule has 3 aromatic rings. The first-order chi connectivity index (χ1) is 14.1.